The molecule has 1 heterocycles. The number of carbonyl (C=O) groups excluding carboxylic acids is 1. The average molecular weight is 246 g/mol. The highest BCUT2D eigenvalue weighted by molar-refractivity contribution is 5.95. The number of rotatable bonds is 4. The first-order valence-electron chi connectivity index (χ1n) is 5.12. The zero-order chi connectivity index (χ0) is 13.1. The molecule has 5 heteroatoms. The van der Waals surface area contributed by atoms with Crippen LogP contribution >= 0.6 is 0 Å². The Bertz CT molecular complexity index is 597. The van der Waals surface area contributed by atoms with Gasteiger partial charge in [0.15, 0.2) is 12.0 Å². The Balaban J connectivity index is 2.58. The Morgan fingerprint density at radius 3 is 2.67 bits per heavy atom. The van der Waals surface area contributed by atoms with Crippen molar-refractivity contribution in [2.75, 3.05) is 7.11 Å². The van der Waals surface area contributed by atoms with Gasteiger partial charge in [0.25, 0.3) is 0 Å². The third-order valence-corrected chi connectivity index (χ3v) is 2.47. The van der Waals surface area contributed by atoms with Crippen molar-refractivity contribution in [3.63, 3.8) is 0 Å². The van der Waals surface area contributed by atoms with Crippen molar-refractivity contribution in [1.82, 2.24) is 0 Å². The van der Waals surface area contributed by atoms with E-state index in [9.17, 15) is 9.59 Å². The molecule has 0 aliphatic heterocycles. The third-order valence-electron chi connectivity index (χ3n) is 2.47. The predicted molar refractivity (Wildman–Crippen MR) is 63.0 cm³/mol. The Hall–Kier alpha value is -2.56. The molecule has 1 aromatic heterocycles. The van der Waals surface area contributed by atoms with Crippen LogP contribution in [-0.4, -0.2) is 24.5 Å². The Morgan fingerprint density at radius 2 is 2.11 bits per heavy atom. The number of benzene rings is 1. The highest BCUT2D eigenvalue weighted by atomic mass is 16.5. The monoisotopic (exact) mass is 246 g/mol. The summed E-state index contributed by atoms with van der Waals surface area (Å²) in [4.78, 5) is 21.7. The number of carboxylic acids is 1. The Labute approximate surface area is 103 Å². The van der Waals surface area contributed by atoms with E-state index in [0.29, 0.717) is 23.4 Å². The van der Waals surface area contributed by atoms with E-state index in [0.717, 1.165) is 0 Å². The molecule has 0 saturated carbocycles. The molecule has 0 aliphatic rings. The molecular formula is C13H10O5. The maximum atomic E-state index is 11.1. The number of aldehydes is 1. The van der Waals surface area contributed by atoms with Gasteiger partial charge < -0.3 is 14.3 Å². The van der Waals surface area contributed by atoms with E-state index in [4.69, 9.17) is 14.3 Å². The van der Waals surface area contributed by atoms with Crippen LogP contribution in [0.2, 0.25) is 0 Å². The highest BCUT2D eigenvalue weighted by Crippen LogP contribution is 2.29. The van der Waals surface area contributed by atoms with E-state index in [2.05, 4.69) is 0 Å². The van der Waals surface area contributed by atoms with Crippen LogP contribution < -0.4 is 4.74 Å². The molecule has 2 aromatic rings. The van der Waals surface area contributed by atoms with Crippen LogP contribution in [0.1, 0.15) is 20.9 Å². The van der Waals surface area contributed by atoms with E-state index >= 15 is 0 Å². The van der Waals surface area contributed by atoms with Gasteiger partial charge in [0.2, 0.25) is 0 Å². The summed E-state index contributed by atoms with van der Waals surface area (Å²) in [6.45, 7) is 0. The molecule has 0 saturated heterocycles. The molecule has 1 aromatic carbocycles. The zero-order valence-corrected chi connectivity index (χ0v) is 9.54. The van der Waals surface area contributed by atoms with Crippen molar-refractivity contribution in [2.24, 2.45) is 0 Å². The van der Waals surface area contributed by atoms with Crippen LogP contribution in [0.4, 0.5) is 0 Å². The summed E-state index contributed by atoms with van der Waals surface area (Å²) in [5.74, 6) is -0.103. The van der Waals surface area contributed by atoms with E-state index < -0.39 is 5.97 Å². The minimum Gasteiger partial charge on any atom is -0.497 e. The number of carbonyl (C=O) groups is 2. The van der Waals surface area contributed by atoms with Crippen LogP contribution in [0.5, 0.6) is 5.75 Å². The van der Waals surface area contributed by atoms with E-state index in [1.54, 1.807) is 18.2 Å². The van der Waals surface area contributed by atoms with Crippen molar-refractivity contribution in [3.8, 4) is 17.1 Å². The molecule has 0 amide bonds. The lowest BCUT2D eigenvalue weighted by atomic mass is 10.1. The van der Waals surface area contributed by atoms with Crippen molar-refractivity contribution in [3.05, 3.63) is 41.7 Å². The zero-order valence-electron chi connectivity index (χ0n) is 9.54. The molecule has 0 fully saturated rings. The standard InChI is InChI=1S/C13H10O5/c1-17-8-2-4-10(13(15)16)11(6-8)12-5-3-9(7-14)18-12/h2-7H,1H3,(H,15,16). The fourth-order valence-electron chi connectivity index (χ4n) is 1.60. The van der Waals surface area contributed by atoms with E-state index in [1.165, 1.54) is 19.2 Å². The van der Waals surface area contributed by atoms with Crippen molar-refractivity contribution < 1.29 is 23.8 Å². The molecule has 2 rings (SSSR count). The second kappa shape index (κ2) is 4.75. The largest absolute Gasteiger partial charge is 0.497 e. The van der Waals surface area contributed by atoms with Gasteiger partial charge in [-0.25, -0.2) is 4.79 Å². The van der Waals surface area contributed by atoms with E-state index in [-0.39, 0.29) is 11.3 Å². The molecule has 0 radical (unpaired) electrons. The summed E-state index contributed by atoms with van der Waals surface area (Å²) < 4.78 is 10.3. The average Bonchev–Trinajstić information content (AvgIpc) is 2.86. The quantitative estimate of drug-likeness (QED) is 0.838. The van der Waals surface area contributed by atoms with Gasteiger partial charge >= 0.3 is 5.97 Å². The molecule has 18 heavy (non-hydrogen) atoms. The smallest absolute Gasteiger partial charge is 0.336 e. The number of methoxy groups -OCH3 is 1. The number of hydrogen-bond acceptors (Lipinski definition) is 4. The lowest BCUT2D eigenvalue weighted by Crippen LogP contribution is -1.99. The lowest BCUT2D eigenvalue weighted by Gasteiger charge is -2.06. The highest BCUT2D eigenvalue weighted by Gasteiger charge is 2.15. The summed E-state index contributed by atoms with van der Waals surface area (Å²) in [7, 11) is 1.48. The van der Waals surface area contributed by atoms with Crippen LogP contribution in [0.3, 0.4) is 0 Å². The van der Waals surface area contributed by atoms with Gasteiger partial charge in [-0.15, -0.1) is 0 Å². The molecule has 0 unspecified atom stereocenters. The van der Waals surface area contributed by atoms with Gasteiger partial charge in [-0.3, -0.25) is 4.79 Å². The minimum atomic E-state index is -1.07. The summed E-state index contributed by atoms with van der Waals surface area (Å²) in [6, 6.07) is 7.56. The van der Waals surface area contributed by atoms with E-state index in [1.807, 2.05) is 0 Å². The van der Waals surface area contributed by atoms with Gasteiger partial charge in [-0.1, -0.05) is 0 Å². The molecule has 0 spiro atoms. The second-order valence-corrected chi connectivity index (χ2v) is 3.54. The maximum absolute atomic E-state index is 11.1. The van der Waals surface area contributed by atoms with Crippen LogP contribution in [0.15, 0.2) is 34.7 Å². The maximum Gasteiger partial charge on any atom is 0.336 e. The number of ether oxygens (including phenoxy) is 1. The van der Waals surface area contributed by atoms with Gasteiger partial charge in [0, 0.05) is 5.56 Å². The molecule has 0 atom stereocenters. The number of hydrogen-bond donors (Lipinski definition) is 1. The molecule has 92 valence electrons. The predicted octanol–water partition coefficient (Wildman–Crippen LogP) is 2.47. The number of carboxylic acid groups (broad SMARTS) is 1. The van der Waals surface area contributed by atoms with Crippen LogP contribution in [-0.2, 0) is 0 Å². The summed E-state index contributed by atoms with van der Waals surface area (Å²) in [6.07, 6.45) is 0.560. The van der Waals surface area contributed by atoms with Crippen molar-refractivity contribution >= 4 is 12.3 Å². The first-order chi connectivity index (χ1) is 8.65. The topological polar surface area (TPSA) is 76.7 Å². The number of furan rings is 1. The SMILES string of the molecule is COc1ccc(C(=O)O)c(-c2ccc(C=O)o2)c1. The normalized spacial score (nSPS) is 10.1. The summed E-state index contributed by atoms with van der Waals surface area (Å²) >= 11 is 0. The first kappa shape index (κ1) is 11.9. The molecule has 0 aliphatic carbocycles. The van der Waals surface area contributed by atoms with Crippen molar-refractivity contribution in [1.29, 1.82) is 0 Å². The Morgan fingerprint density at radius 1 is 1.33 bits per heavy atom. The fraction of sp³-hybridized carbons (Fsp3) is 0.0769. The van der Waals surface area contributed by atoms with Gasteiger partial charge in [-0.05, 0) is 30.3 Å². The first-order valence-corrected chi connectivity index (χ1v) is 5.12. The van der Waals surface area contributed by atoms with Crippen LogP contribution in [0.25, 0.3) is 11.3 Å². The molecule has 1 N–H and O–H groups in total. The fourth-order valence-corrected chi connectivity index (χ4v) is 1.60. The molecule has 0 bridgehead atoms. The van der Waals surface area contributed by atoms with Gasteiger partial charge in [0.1, 0.15) is 11.5 Å². The van der Waals surface area contributed by atoms with Gasteiger partial charge in [0.05, 0.1) is 12.7 Å². The molecule has 5 nitrogen and oxygen atoms in total. The van der Waals surface area contributed by atoms with Crippen molar-refractivity contribution in [2.45, 2.75) is 0 Å². The number of aromatic carboxylic acids is 1. The lowest BCUT2D eigenvalue weighted by molar-refractivity contribution is 0.0697. The Kier molecular flexibility index (Phi) is 3.14. The summed E-state index contributed by atoms with van der Waals surface area (Å²) in [5.41, 5.74) is 0.456. The third kappa shape index (κ3) is 2.10. The summed E-state index contributed by atoms with van der Waals surface area (Å²) in [5, 5.41) is 9.10. The second-order valence-electron chi connectivity index (χ2n) is 3.54. The minimum absolute atomic E-state index is 0.0857. The molecular weight excluding hydrogens is 236 g/mol. The van der Waals surface area contributed by atoms with Crippen LogP contribution in [0, 0.1) is 0 Å². The van der Waals surface area contributed by atoms with Gasteiger partial charge in [-0.2, -0.15) is 0 Å².